The molecule has 1 aliphatic heterocycles. The summed E-state index contributed by atoms with van der Waals surface area (Å²) in [6, 6.07) is 17.8. The number of ether oxygens (including phenoxy) is 1. The number of hydrogen-bond donors (Lipinski definition) is 2. The Bertz CT molecular complexity index is 1140. The van der Waals surface area contributed by atoms with Crippen molar-refractivity contribution >= 4 is 11.9 Å². The number of aromatic hydroxyl groups is 1. The number of nitrogens with zero attached hydrogens (tertiary/aromatic N) is 1. The molecule has 1 amide bonds. The van der Waals surface area contributed by atoms with Crippen LogP contribution < -0.4 is 5.73 Å². The Balaban J connectivity index is 1.61. The number of halogens is 1. The number of carbonyl (C=O) groups is 2. The number of amides is 1. The van der Waals surface area contributed by atoms with Gasteiger partial charge in [-0.25, -0.2) is 9.18 Å². The molecule has 3 N–H and O–H groups in total. The van der Waals surface area contributed by atoms with Crippen LogP contribution in [0.15, 0.2) is 72.8 Å². The van der Waals surface area contributed by atoms with Crippen molar-refractivity contribution < 1.29 is 23.8 Å². The lowest BCUT2D eigenvalue weighted by Gasteiger charge is -2.38. The van der Waals surface area contributed by atoms with Crippen LogP contribution in [0.2, 0.25) is 0 Å². The minimum atomic E-state index is -1.54. The Hall–Kier alpha value is -3.71. The molecule has 6 nitrogen and oxygen atoms in total. The molecule has 0 saturated carbocycles. The Morgan fingerprint density at radius 1 is 1.06 bits per heavy atom. The summed E-state index contributed by atoms with van der Waals surface area (Å²) in [6.07, 6.45) is 0.542. The highest BCUT2D eigenvalue weighted by Gasteiger charge is 2.38. The van der Waals surface area contributed by atoms with E-state index in [1.54, 1.807) is 12.1 Å². The molecule has 0 aromatic heterocycles. The van der Waals surface area contributed by atoms with Crippen molar-refractivity contribution in [3.05, 3.63) is 101 Å². The monoisotopic (exact) mass is 434 g/mol. The first-order chi connectivity index (χ1) is 15.5. The highest BCUT2D eigenvalue weighted by molar-refractivity contribution is 6.02. The van der Waals surface area contributed by atoms with E-state index in [4.69, 9.17) is 10.5 Å². The van der Waals surface area contributed by atoms with Gasteiger partial charge in [0.2, 0.25) is 0 Å². The molecule has 3 aromatic carbocycles. The molecular weight excluding hydrogens is 411 g/mol. The molecule has 1 aliphatic rings. The standard InChI is InChI=1S/C25H23FN2O4/c26-18-10-11-21(29)20(14-18)23-19-9-5-4-8-17(19)12-13-28(23)24(30)22(27)25(31)32-15-16-6-2-1-3-7-16/h1-11,14,22-23,29H,12-13,15,27H2. The van der Waals surface area contributed by atoms with Crippen LogP contribution in [0, 0.1) is 5.82 Å². The van der Waals surface area contributed by atoms with Gasteiger partial charge in [0.25, 0.3) is 5.91 Å². The van der Waals surface area contributed by atoms with Crippen molar-refractivity contribution in [2.45, 2.75) is 25.1 Å². The largest absolute Gasteiger partial charge is 0.508 e. The van der Waals surface area contributed by atoms with Crippen LogP contribution in [0.4, 0.5) is 4.39 Å². The lowest BCUT2D eigenvalue weighted by molar-refractivity contribution is -0.153. The molecule has 0 spiro atoms. The lowest BCUT2D eigenvalue weighted by atomic mass is 9.87. The van der Waals surface area contributed by atoms with E-state index in [2.05, 4.69) is 0 Å². The predicted octanol–water partition coefficient (Wildman–Crippen LogP) is 3.08. The Labute approximate surface area is 185 Å². The van der Waals surface area contributed by atoms with E-state index in [0.29, 0.717) is 6.42 Å². The van der Waals surface area contributed by atoms with Crippen molar-refractivity contribution in [1.82, 2.24) is 4.90 Å². The molecule has 1 heterocycles. The summed E-state index contributed by atoms with van der Waals surface area (Å²) in [4.78, 5) is 27.2. The maximum atomic E-state index is 14.0. The fraction of sp³-hybridized carbons (Fsp3) is 0.200. The quantitative estimate of drug-likeness (QED) is 0.476. The van der Waals surface area contributed by atoms with Crippen LogP contribution in [0.5, 0.6) is 5.75 Å². The van der Waals surface area contributed by atoms with Crippen molar-refractivity contribution in [1.29, 1.82) is 0 Å². The van der Waals surface area contributed by atoms with Gasteiger partial charge < -0.3 is 20.5 Å². The number of esters is 1. The van der Waals surface area contributed by atoms with Crippen molar-refractivity contribution in [3.63, 3.8) is 0 Å². The third-order valence-corrected chi connectivity index (χ3v) is 5.59. The second-order valence-corrected chi connectivity index (χ2v) is 7.66. The summed E-state index contributed by atoms with van der Waals surface area (Å²) in [5.41, 5.74) is 8.71. The number of phenols is 1. The Kier molecular flexibility index (Phi) is 6.18. The van der Waals surface area contributed by atoms with Crippen LogP contribution in [-0.2, 0) is 27.4 Å². The first-order valence-electron chi connectivity index (χ1n) is 10.3. The molecule has 0 saturated heterocycles. The number of hydrogen-bond acceptors (Lipinski definition) is 5. The fourth-order valence-corrected chi connectivity index (χ4v) is 3.98. The fourth-order valence-electron chi connectivity index (χ4n) is 3.98. The van der Waals surface area contributed by atoms with Crippen LogP contribution in [0.3, 0.4) is 0 Å². The molecule has 32 heavy (non-hydrogen) atoms. The molecular formula is C25H23FN2O4. The van der Waals surface area contributed by atoms with Gasteiger partial charge in [0.05, 0.1) is 6.04 Å². The smallest absolute Gasteiger partial charge is 0.333 e. The summed E-state index contributed by atoms with van der Waals surface area (Å²) in [5.74, 6) is -2.18. The SMILES string of the molecule is NC(C(=O)OCc1ccccc1)C(=O)N1CCc2ccccc2C1c1cc(F)ccc1O. The van der Waals surface area contributed by atoms with E-state index in [1.165, 1.54) is 17.0 Å². The zero-order chi connectivity index (χ0) is 22.7. The van der Waals surface area contributed by atoms with Crippen LogP contribution >= 0.6 is 0 Å². The second kappa shape index (κ2) is 9.20. The number of rotatable bonds is 5. The maximum absolute atomic E-state index is 14.0. The van der Waals surface area contributed by atoms with Gasteiger partial charge in [0, 0.05) is 12.1 Å². The van der Waals surface area contributed by atoms with Crippen molar-refractivity contribution in [3.8, 4) is 5.75 Å². The van der Waals surface area contributed by atoms with E-state index in [0.717, 1.165) is 22.8 Å². The third kappa shape index (κ3) is 4.33. The molecule has 2 unspecified atom stereocenters. The highest BCUT2D eigenvalue weighted by Crippen LogP contribution is 2.39. The van der Waals surface area contributed by atoms with Crippen molar-refractivity contribution in [2.24, 2.45) is 5.73 Å². The van der Waals surface area contributed by atoms with E-state index in [1.807, 2.05) is 42.5 Å². The minimum absolute atomic E-state index is 0.00238. The topological polar surface area (TPSA) is 92.9 Å². The summed E-state index contributed by atoms with van der Waals surface area (Å²) in [7, 11) is 0. The second-order valence-electron chi connectivity index (χ2n) is 7.66. The molecule has 0 fully saturated rings. The summed E-state index contributed by atoms with van der Waals surface area (Å²) in [5, 5.41) is 10.4. The molecule has 0 radical (unpaired) electrons. The highest BCUT2D eigenvalue weighted by atomic mass is 19.1. The normalized spacial score (nSPS) is 16.2. The average Bonchev–Trinajstić information content (AvgIpc) is 2.83. The Morgan fingerprint density at radius 3 is 2.56 bits per heavy atom. The van der Waals surface area contributed by atoms with Crippen LogP contribution in [0.1, 0.15) is 28.3 Å². The summed E-state index contributed by atoms with van der Waals surface area (Å²) >= 11 is 0. The van der Waals surface area contributed by atoms with Gasteiger partial charge in [-0.2, -0.15) is 0 Å². The van der Waals surface area contributed by atoms with Gasteiger partial charge in [-0.3, -0.25) is 4.79 Å². The van der Waals surface area contributed by atoms with Gasteiger partial charge in [-0.15, -0.1) is 0 Å². The van der Waals surface area contributed by atoms with Gasteiger partial charge in [0.15, 0.2) is 6.04 Å². The summed E-state index contributed by atoms with van der Waals surface area (Å²) in [6.45, 7) is 0.258. The molecule has 0 aliphatic carbocycles. The number of phenolic OH excluding ortho intramolecular Hbond substituents is 1. The zero-order valence-electron chi connectivity index (χ0n) is 17.3. The van der Waals surface area contributed by atoms with Gasteiger partial charge >= 0.3 is 5.97 Å². The molecule has 3 aromatic rings. The molecule has 4 rings (SSSR count). The summed E-state index contributed by atoms with van der Waals surface area (Å²) < 4.78 is 19.3. The maximum Gasteiger partial charge on any atom is 0.333 e. The van der Waals surface area contributed by atoms with Gasteiger partial charge in [0.1, 0.15) is 18.2 Å². The molecule has 164 valence electrons. The number of benzene rings is 3. The predicted molar refractivity (Wildman–Crippen MR) is 116 cm³/mol. The first kappa shape index (κ1) is 21.5. The van der Waals surface area contributed by atoms with E-state index in [9.17, 15) is 19.1 Å². The van der Waals surface area contributed by atoms with E-state index in [-0.39, 0.29) is 24.5 Å². The number of nitrogens with two attached hydrogens (primary N) is 1. The minimum Gasteiger partial charge on any atom is -0.508 e. The van der Waals surface area contributed by atoms with E-state index < -0.39 is 29.8 Å². The van der Waals surface area contributed by atoms with Crippen molar-refractivity contribution in [2.75, 3.05) is 6.54 Å². The average molecular weight is 434 g/mol. The van der Waals surface area contributed by atoms with Gasteiger partial charge in [-0.05, 0) is 41.3 Å². The third-order valence-electron chi connectivity index (χ3n) is 5.59. The molecule has 2 atom stereocenters. The van der Waals surface area contributed by atoms with Crippen LogP contribution in [0.25, 0.3) is 0 Å². The van der Waals surface area contributed by atoms with Crippen LogP contribution in [-0.4, -0.2) is 34.5 Å². The molecule has 7 heteroatoms. The van der Waals surface area contributed by atoms with E-state index >= 15 is 0 Å². The Morgan fingerprint density at radius 2 is 1.78 bits per heavy atom. The zero-order valence-corrected chi connectivity index (χ0v) is 17.3. The number of fused-ring (bicyclic) bond motifs is 1. The lowest BCUT2D eigenvalue weighted by Crippen LogP contribution is -2.52. The molecule has 0 bridgehead atoms. The first-order valence-corrected chi connectivity index (χ1v) is 10.3. The van der Waals surface area contributed by atoms with Gasteiger partial charge in [-0.1, -0.05) is 54.6 Å². The number of carbonyl (C=O) groups excluding carboxylic acids is 2.